The van der Waals surface area contributed by atoms with Gasteiger partial charge in [0.25, 0.3) is 0 Å². The van der Waals surface area contributed by atoms with Crippen molar-refractivity contribution in [2.45, 2.75) is 38.7 Å². The third kappa shape index (κ3) is 5.11. The number of aryl methyl sites for hydroxylation is 2. The fourth-order valence-electron chi connectivity index (χ4n) is 3.54. The number of hydrogen-bond donors (Lipinski definition) is 2. The van der Waals surface area contributed by atoms with Crippen LogP contribution in [0.25, 0.3) is 0 Å². The highest BCUT2D eigenvalue weighted by Crippen LogP contribution is 2.28. The molecule has 0 saturated carbocycles. The Morgan fingerprint density at radius 1 is 1.00 bits per heavy atom. The first-order chi connectivity index (χ1) is 13.5. The summed E-state index contributed by atoms with van der Waals surface area (Å²) in [7, 11) is 0. The minimum absolute atomic E-state index is 0.00564. The summed E-state index contributed by atoms with van der Waals surface area (Å²) in [4.78, 5) is 12.6. The van der Waals surface area contributed by atoms with E-state index in [4.69, 9.17) is 4.42 Å². The fourth-order valence-corrected chi connectivity index (χ4v) is 3.54. The quantitative estimate of drug-likeness (QED) is 0.600. The number of aliphatic hydroxyl groups is 1. The van der Waals surface area contributed by atoms with E-state index in [1.165, 1.54) is 0 Å². The second kappa shape index (κ2) is 9.38. The minimum atomic E-state index is -0.642. The molecular weight excluding hydrogens is 350 g/mol. The molecular formula is C24H27NO3. The van der Waals surface area contributed by atoms with E-state index in [1.54, 1.807) is 0 Å². The summed E-state index contributed by atoms with van der Waals surface area (Å²) >= 11 is 0. The number of rotatable bonds is 8. The zero-order valence-corrected chi connectivity index (χ0v) is 16.4. The topological polar surface area (TPSA) is 62.5 Å². The first kappa shape index (κ1) is 19.9. The third-order valence-electron chi connectivity index (χ3n) is 4.97. The maximum absolute atomic E-state index is 12.6. The van der Waals surface area contributed by atoms with Gasteiger partial charge in [-0.1, -0.05) is 60.7 Å². The van der Waals surface area contributed by atoms with Crippen LogP contribution >= 0.6 is 0 Å². The highest BCUT2D eigenvalue weighted by Gasteiger charge is 2.19. The summed E-state index contributed by atoms with van der Waals surface area (Å²) in [5, 5.41) is 13.3. The van der Waals surface area contributed by atoms with Crippen LogP contribution in [0.4, 0.5) is 0 Å². The number of benzene rings is 2. The van der Waals surface area contributed by atoms with Crippen molar-refractivity contribution in [1.29, 1.82) is 0 Å². The van der Waals surface area contributed by atoms with Crippen molar-refractivity contribution in [2.75, 3.05) is 6.54 Å². The van der Waals surface area contributed by atoms with Crippen molar-refractivity contribution in [1.82, 2.24) is 5.32 Å². The summed E-state index contributed by atoms with van der Waals surface area (Å²) in [6.45, 7) is 4.12. The van der Waals surface area contributed by atoms with Crippen LogP contribution in [-0.2, 0) is 4.79 Å². The summed E-state index contributed by atoms with van der Waals surface area (Å²) < 4.78 is 5.47. The predicted octanol–water partition coefficient (Wildman–Crippen LogP) is 4.66. The standard InChI is InChI=1S/C24H27NO3/c1-17-15-21(18(2)28-17)23(26)13-14-25-24(27)16-22(19-9-5-3-6-10-19)20-11-7-4-8-12-20/h3-12,15,22-23,26H,13-14,16H2,1-2H3,(H,25,27). The second-order valence-corrected chi connectivity index (χ2v) is 7.10. The molecule has 0 aliphatic heterocycles. The lowest BCUT2D eigenvalue weighted by atomic mass is 9.88. The first-order valence-electron chi connectivity index (χ1n) is 9.66. The highest BCUT2D eigenvalue weighted by molar-refractivity contribution is 5.77. The van der Waals surface area contributed by atoms with Crippen LogP contribution in [0.3, 0.4) is 0 Å². The summed E-state index contributed by atoms with van der Waals surface area (Å²) in [6, 6.07) is 22.0. The number of nitrogens with one attached hydrogen (secondary N) is 1. The third-order valence-corrected chi connectivity index (χ3v) is 4.97. The summed E-state index contributed by atoms with van der Waals surface area (Å²) in [5.41, 5.74) is 3.03. The van der Waals surface area contributed by atoms with E-state index < -0.39 is 6.10 Å². The number of carbonyl (C=O) groups excluding carboxylic acids is 1. The molecule has 0 saturated heterocycles. The number of hydrogen-bond acceptors (Lipinski definition) is 3. The van der Waals surface area contributed by atoms with Crippen molar-refractivity contribution in [3.8, 4) is 0 Å². The van der Waals surface area contributed by atoms with Crippen LogP contribution in [0.5, 0.6) is 0 Å². The molecule has 28 heavy (non-hydrogen) atoms. The Morgan fingerprint density at radius 2 is 1.57 bits per heavy atom. The van der Waals surface area contributed by atoms with Gasteiger partial charge in [-0.15, -0.1) is 0 Å². The van der Waals surface area contributed by atoms with Gasteiger partial charge >= 0.3 is 0 Å². The maximum Gasteiger partial charge on any atom is 0.220 e. The van der Waals surface area contributed by atoms with Crippen LogP contribution in [-0.4, -0.2) is 17.6 Å². The molecule has 0 aliphatic rings. The lowest BCUT2D eigenvalue weighted by molar-refractivity contribution is -0.121. The molecule has 146 valence electrons. The van der Waals surface area contributed by atoms with Crippen molar-refractivity contribution >= 4 is 5.91 Å². The Kier molecular flexibility index (Phi) is 6.66. The molecule has 2 aromatic carbocycles. The van der Waals surface area contributed by atoms with Crippen molar-refractivity contribution in [3.05, 3.63) is 94.9 Å². The molecule has 0 aliphatic carbocycles. The summed E-state index contributed by atoms with van der Waals surface area (Å²) in [5.74, 6) is 1.49. The minimum Gasteiger partial charge on any atom is -0.466 e. The van der Waals surface area contributed by atoms with Crippen LogP contribution in [0, 0.1) is 13.8 Å². The van der Waals surface area contributed by atoms with Crippen molar-refractivity contribution in [2.24, 2.45) is 0 Å². The van der Waals surface area contributed by atoms with Crippen LogP contribution in [0.1, 0.15) is 53.1 Å². The smallest absolute Gasteiger partial charge is 0.220 e. The molecule has 4 heteroatoms. The van der Waals surface area contributed by atoms with E-state index in [-0.39, 0.29) is 11.8 Å². The molecule has 1 amide bonds. The van der Waals surface area contributed by atoms with Gasteiger partial charge in [0.05, 0.1) is 6.10 Å². The van der Waals surface area contributed by atoms with Crippen LogP contribution in [0.15, 0.2) is 71.1 Å². The average Bonchev–Trinajstić information content (AvgIpc) is 3.05. The maximum atomic E-state index is 12.6. The molecule has 0 fully saturated rings. The van der Waals surface area contributed by atoms with Gasteiger partial charge in [0.1, 0.15) is 11.5 Å². The molecule has 0 bridgehead atoms. The van der Waals surface area contributed by atoms with Gasteiger partial charge in [0.2, 0.25) is 5.91 Å². The Bertz CT molecular complexity index is 847. The number of amides is 1. The van der Waals surface area contributed by atoms with E-state index in [2.05, 4.69) is 29.6 Å². The van der Waals surface area contributed by atoms with E-state index in [0.29, 0.717) is 19.4 Å². The SMILES string of the molecule is Cc1cc(C(O)CCNC(=O)CC(c2ccccc2)c2ccccc2)c(C)o1. The zero-order valence-electron chi connectivity index (χ0n) is 16.4. The molecule has 0 spiro atoms. The van der Waals surface area contributed by atoms with E-state index in [9.17, 15) is 9.90 Å². The molecule has 1 atom stereocenters. The van der Waals surface area contributed by atoms with Gasteiger partial charge in [0, 0.05) is 24.4 Å². The molecule has 3 aromatic rings. The Balaban J connectivity index is 1.59. The molecule has 4 nitrogen and oxygen atoms in total. The van der Waals surface area contributed by atoms with Gasteiger partial charge in [-0.25, -0.2) is 0 Å². The number of aliphatic hydroxyl groups excluding tert-OH is 1. The second-order valence-electron chi connectivity index (χ2n) is 7.10. The van der Waals surface area contributed by atoms with Gasteiger partial charge < -0.3 is 14.8 Å². The normalized spacial score (nSPS) is 12.1. The molecule has 1 unspecified atom stereocenters. The fraction of sp³-hybridized carbons (Fsp3) is 0.292. The largest absolute Gasteiger partial charge is 0.466 e. The van der Waals surface area contributed by atoms with E-state index in [1.807, 2.05) is 56.3 Å². The predicted molar refractivity (Wildman–Crippen MR) is 110 cm³/mol. The average molecular weight is 377 g/mol. The van der Waals surface area contributed by atoms with Crippen LogP contribution < -0.4 is 5.32 Å². The first-order valence-corrected chi connectivity index (χ1v) is 9.66. The summed E-state index contributed by atoms with van der Waals surface area (Å²) in [6.07, 6.45) is 0.178. The number of furan rings is 1. The molecule has 1 aromatic heterocycles. The number of carbonyl (C=O) groups is 1. The van der Waals surface area contributed by atoms with Gasteiger partial charge in [-0.3, -0.25) is 4.79 Å². The Morgan fingerprint density at radius 3 is 2.07 bits per heavy atom. The lowest BCUT2D eigenvalue weighted by Crippen LogP contribution is -2.27. The molecule has 1 heterocycles. The molecule has 3 rings (SSSR count). The van der Waals surface area contributed by atoms with Gasteiger partial charge in [-0.05, 0) is 37.5 Å². The highest BCUT2D eigenvalue weighted by atomic mass is 16.3. The Hall–Kier alpha value is -2.85. The van der Waals surface area contributed by atoms with E-state index in [0.717, 1.165) is 28.2 Å². The Labute approximate surface area is 166 Å². The molecule has 2 N–H and O–H groups in total. The lowest BCUT2D eigenvalue weighted by Gasteiger charge is -2.18. The van der Waals surface area contributed by atoms with Crippen molar-refractivity contribution in [3.63, 3.8) is 0 Å². The van der Waals surface area contributed by atoms with Crippen LogP contribution in [0.2, 0.25) is 0 Å². The monoisotopic (exact) mass is 377 g/mol. The zero-order chi connectivity index (χ0) is 19.9. The van der Waals surface area contributed by atoms with E-state index >= 15 is 0 Å². The molecule has 0 radical (unpaired) electrons. The van der Waals surface area contributed by atoms with Gasteiger partial charge in [-0.2, -0.15) is 0 Å². The van der Waals surface area contributed by atoms with Crippen molar-refractivity contribution < 1.29 is 14.3 Å². The van der Waals surface area contributed by atoms with Gasteiger partial charge in [0.15, 0.2) is 0 Å².